The first-order chi connectivity index (χ1) is 16.6. The largest absolute Gasteiger partial charge is 0.493 e. The lowest BCUT2D eigenvalue weighted by molar-refractivity contribution is -0.134. The van der Waals surface area contributed by atoms with Gasteiger partial charge >= 0.3 is 0 Å². The zero-order chi connectivity index (χ0) is 25.3. The lowest BCUT2D eigenvalue weighted by atomic mass is 9.95. The van der Waals surface area contributed by atoms with E-state index in [9.17, 15) is 14.4 Å². The van der Waals surface area contributed by atoms with E-state index in [1.54, 1.807) is 44.3 Å². The van der Waals surface area contributed by atoms with Crippen LogP contribution in [0.2, 0.25) is 5.02 Å². The summed E-state index contributed by atoms with van der Waals surface area (Å²) in [5.41, 5.74) is 6.57. The number of aryl methyl sites for hydroxylation is 2. The van der Waals surface area contributed by atoms with Crippen molar-refractivity contribution in [1.82, 2.24) is 20.2 Å². The van der Waals surface area contributed by atoms with Gasteiger partial charge in [-0.25, -0.2) is 4.98 Å². The molecule has 0 radical (unpaired) electrons. The number of carbonyl (C=O) groups excluding carboxylic acids is 3. The molecule has 1 aliphatic heterocycles. The van der Waals surface area contributed by atoms with Gasteiger partial charge in [0.05, 0.1) is 19.1 Å². The van der Waals surface area contributed by atoms with Crippen LogP contribution in [-0.4, -0.2) is 57.8 Å². The SMILES string of the molecule is COc1cc(C(=O)N2CC(C)(C)NC(=O)C2CC(N)=O)cc2nc(CCc3cc(Cl)ccn3)oc12. The number of oxazole rings is 1. The molecule has 184 valence electrons. The monoisotopic (exact) mass is 499 g/mol. The van der Waals surface area contributed by atoms with E-state index in [2.05, 4.69) is 15.3 Å². The maximum absolute atomic E-state index is 13.5. The molecule has 1 aromatic carbocycles. The molecule has 3 aromatic rings. The zero-order valence-corrected chi connectivity index (χ0v) is 20.4. The summed E-state index contributed by atoms with van der Waals surface area (Å²) in [6.07, 6.45) is 2.39. The van der Waals surface area contributed by atoms with Gasteiger partial charge in [0.2, 0.25) is 11.8 Å². The van der Waals surface area contributed by atoms with Gasteiger partial charge in [0, 0.05) is 35.4 Å². The number of piperazine rings is 1. The van der Waals surface area contributed by atoms with Gasteiger partial charge in [-0.15, -0.1) is 0 Å². The summed E-state index contributed by atoms with van der Waals surface area (Å²) >= 11 is 6.02. The molecule has 1 fully saturated rings. The fourth-order valence-electron chi connectivity index (χ4n) is 4.16. The third kappa shape index (κ3) is 5.37. The van der Waals surface area contributed by atoms with Crippen LogP contribution in [-0.2, 0) is 22.4 Å². The number of rotatable bonds is 7. The number of ether oxygens (including phenoxy) is 1. The van der Waals surface area contributed by atoms with Crippen molar-refractivity contribution < 1.29 is 23.5 Å². The van der Waals surface area contributed by atoms with Crippen LogP contribution in [0.4, 0.5) is 0 Å². The highest BCUT2D eigenvalue weighted by Gasteiger charge is 2.42. The molecule has 0 spiro atoms. The molecule has 1 aliphatic rings. The molecule has 3 heterocycles. The number of nitrogens with one attached hydrogen (secondary N) is 1. The lowest BCUT2D eigenvalue weighted by Gasteiger charge is -2.43. The van der Waals surface area contributed by atoms with Crippen molar-refractivity contribution in [2.45, 2.75) is 44.7 Å². The second-order valence-corrected chi connectivity index (χ2v) is 9.53. The van der Waals surface area contributed by atoms with Gasteiger partial charge < -0.3 is 25.1 Å². The van der Waals surface area contributed by atoms with Gasteiger partial charge in [0.1, 0.15) is 11.6 Å². The Morgan fingerprint density at radius 2 is 2.09 bits per heavy atom. The molecule has 0 saturated carbocycles. The second-order valence-electron chi connectivity index (χ2n) is 9.09. The summed E-state index contributed by atoms with van der Waals surface area (Å²) in [5.74, 6) is -0.759. The Balaban J connectivity index is 1.64. The van der Waals surface area contributed by atoms with Crippen molar-refractivity contribution in [3.8, 4) is 5.75 Å². The minimum atomic E-state index is -1.01. The molecule has 0 aliphatic carbocycles. The first-order valence-corrected chi connectivity index (χ1v) is 11.4. The van der Waals surface area contributed by atoms with Crippen LogP contribution in [0.15, 0.2) is 34.9 Å². The first kappa shape index (κ1) is 24.5. The molecular formula is C24H26ClN5O5. The minimum absolute atomic E-state index is 0.201. The number of carbonyl (C=O) groups is 3. The average Bonchev–Trinajstić information content (AvgIpc) is 3.21. The predicted molar refractivity (Wildman–Crippen MR) is 128 cm³/mol. The number of hydrogen-bond acceptors (Lipinski definition) is 7. The third-order valence-corrected chi connectivity index (χ3v) is 5.94. The number of halogens is 1. The van der Waals surface area contributed by atoms with E-state index < -0.39 is 29.3 Å². The fourth-order valence-corrected chi connectivity index (χ4v) is 4.34. The van der Waals surface area contributed by atoms with Crippen LogP contribution < -0.4 is 15.8 Å². The van der Waals surface area contributed by atoms with Gasteiger partial charge in [-0.2, -0.15) is 0 Å². The van der Waals surface area contributed by atoms with E-state index in [4.69, 9.17) is 26.5 Å². The number of aromatic nitrogens is 2. The molecule has 3 N–H and O–H groups in total. The summed E-state index contributed by atoms with van der Waals surface area (Å²) in [6, 6.07) is 5.60. The Kier molecular flexibility index (Phi) is 6.66. The van der Waals surface area contributed by atoms with Crippen molar-refractivity contribution in [2.75, 3.05) is 13.7 Å². The molecule has 0 bridgehead atoms. The van der Waals surface area contributed by atoms with Crippen LogP contribution in [0, 0.1) is 0 Å². The third-order valence-electron chi connectivity index (χ3n) is 5.70. The summed E-state index contributed by atoms with van der Waals surface area (Å²) in [5, 5.41) is 3.43. The number of fused-ring (bicyclic) bond motifs is 1. The Bertz CT molecular complexity index is 1300. The summed E-state index contributed by atoms with van der Waals surface area (Å²) < 4.78 is 11.4. The van der Waals surface area contributed by atoms with Crippen molar-refractivity contribution in [3.63, 3.8) is 0 Å². The quantitative estimate of drug-likeness (QED) is 0.508. The zero-order valence-electron chi connectivity index (χ0n) is 19.6. The Morgan fingerprint density at radius 3 is 2.77 bits per heavy atom. The molecule has 2 aromatic heterocycles. The summed E-state index contributed by atoms with van der Waals surface area (Å²) in [7, 11) is 1.47. The summed E-state index contributed by atoms with van der Waals surface area (Å²) in [4.78, 5) is 48.0. The maximum Gasteiger partial charge on any atom is 0.254 e. The molecule has 4 rings (SSSR count). The number of pyridine rings is 1. The van der Waals surface area contributed by atoms with Gasteiger partial charge in [0.15, 0.2) is 17.2 Å². The van der Waals surface area contributed by atoms with E-state index in [0.29, 0.717) is 40.6 Å². The average molecular weight is 500 g/mol. The molecule has 1 atom stereocenters. The van der Waals surface area contributed by atoms with Crippen LogP contribution in [0.5, 0.6) is 5.75 Å². The minimum Gasteiger partial charge on any atom is -0.493 e. The van der Waals surface area contributed by atoms with Gasteiger partial charge in [-0.1, -0.05) is 11.6 Å². The first-order valence-electron chi connectivity index (χ1n) is 11.1. The fraction of sp³-hybridized carbons (Fsp3) is 0.375. The number of amides is 3. The van der Waals surface area contributed by atoms with Crippen LogP contribution >= 0.6 is 11.6 Å². The topological polar surface area (TPSA) is 141 Å². The number of hydrogen-bond donors (Lipinski definition) is 2. The van der Waals surface area contributed by atoms with Crippen molar-refractivity contribution in [1.29, 1.82) is 0 Å². The lowest BCUT2D eigenvalue weighted by Crippen LogP contribution is -2.66. The van der Waals surface area contributed by atoms with Gasteiger partial charge in [0.25, 0.3) is 5.91 Å². The number of methoxy groups -OCH3 is 1. The molecule has 35 heavy (non-hydrogen) atoms. The Labute approximate surface area is 206 Å². The highest BCUT2D eigenvalue weighted by atomic mass is 35.5. The molecule has 10 nitrogen and oxygen atoms in total. The standard InChI is InChI=1S/C24H26ClN5O5/c1-24(2)12-30(17(11-19(26)31)22(32)29-24)23(33)13-8-16-21(18(9-13)34-3)35-20(28-16)5-4-15-10-14(25)6-7-27-15/h6-10,17H,4-5,11-12H2,1-3H3,(H2,26,31)(H,29,32). The predicted octanol–water partition coefficient (Wildman–Crippen LogP) is 2.26. The van der Waals surface area contributed by atoms with E-state index in [1.165, 1.54) is 12.0 Å². The molecule has 3 amide bonds. The normalized spacial score (nSPS) is 17.3. The van der Waals surface area contributed by atoms with Crippen molar-refractivity contribution >= 4 is 40.4 Å². The summed E-state index contributed by atoms with van der Waals surface area (Å²) in [6.45, 7) is 3.80. The molecule has 11 heteroatoms. The number of benzene rings is 1. The van der Waals surface area contributed by atoms with Crippen molar-refractivity contribution in [3.05, 3.63) is 52.6 Å². The van der Waals surface area contributed by atoms with Crippen LogP contribution in [0.3, 0.4) is 0 Å². The Morgan fingerprint density at radius 1 is 1.31 bits per heavy atom. The van der Waals surface area contributed by atoms with E-state index in [-0.39, 0.29) is 18.5 Å². The van der Waals surface area contributed by atoms with Crippen molar-refractivity contribution in [2.24, 2.45) is 5.73 Å². The van der Waals surface area contributed by atoms with Crippen LogP contribution in [0.25, 0.3) is 11.1 Å². The van der Waals surface area contributed by atoms with E-state index in [0.717, 1.165) is 5.69 Å². The number of nitrogens with zero attached hydrogens (tertiary/aromatic N) is 3. The number of nitrogens with two attached hydrogens (primary N) is 1. The maximum atomic E-state index is 13.5. The van der Waals surface area contributed by atoms with Crippen LogP contribution in [0.1, 0.15) is 42.2 Å². The Hall–Kier alpha value is -3.66. The molecule has 1 saturated heterocycles. The molecule has 1 unspecified atom stereocenters. The highest BCUT2D eigenvalue weighted by Crippen LogP contribution is 2.30. The van der Waals surface area contributed by atoms with E-state index in [1.807, 2.05) is 0 Å². The van der Waals surface area contributed by atoms with Gasteiger partial charge in [-0.3, -0.25) is 19.4 Å². The second kappa shape index (κ2) is 9.53. The smallest absolute Gasteiger partial charge is 0.254 e. The van der Waals surface area contributed by atoms with E-state index >= 15 is 0 Å². The highest BCUT2D eigenvalue weighted by molar-refractivity contribution is 6.30. The van der Waals surface area contributed by atoms with Gasteiger partial charge in [-0.05, 0) is 44.5 Å². The number of primary amides is 1. The molecular weight excluding hydrogens is 474 g/mol.